The summed E-state index contributed by atoms with van der Waals surface area (Å²) in [7, 11) is 0.945. The fourth-order valence-electron chi connectivity index (χ4n) is 3.67. The van der Waals surface area contributed by atoms with Crippen LogP contribution in [0.5, 0.6) is 5.75 Å². The Labute approximate surface area is 175 Å². The Hall–Kier alpha value is -3.62. The van der Waals surface area contributed by atoms with Gasteiger partial charge in [0.05, 0.1) is 30.5 Å². The highest BCUT2D eigenvalue weighted by atomic mass is 19.4. The largest absolute Gasteiger partial charge is 0.493 e. The number of esters is 1. The summed E-state index contributed by atoms with van der Waals surface area (Å²) in [6.45, 7) is 0.556. The molecule has 0 bridgehead atoms. The van der Waals surface area contributed by atoms with Gasteiger partial charge in [-0.1, -0.05) is 6.07 Å². The number of methoxy groups -OCH3 is 1. The number of fused-ring (bicyclic) bond motifs is 1. The smallest absolute Gasteiger partial charge is 0.417 e. The Kier molecular flexibility index (Phi) is 5.26. The SMILES string of the molecule is COC(=O)C(=O)c1c(C(F)(F)F)ccc(-n2cccn2)c1-c1ccc2c(c1)CCCO2. The number of carbonyl (C=O) groups excluding carboxylic acids is 2. The van der Waals surface area contributed by atoms with Crippen LogP contribution in [0.1, 0.15) is 27.9 Å². The lowest BCUT2D eigenvalue weighted by Crippen LogP contribution is -2.23. The van der Waals surface area contributed by atoms with Crippen LogP contribution in [0, 0.1) is 0 Å². The number of ketones is 1. The second-order valence-electron chi connectivity index (χ2n) is 6.93. The van der Waals surface area contributed by atoms with Gasteiger partial charge < -0.3 is 9.47 Å². The summed E-state index contributed by atoms with van der Waals surface area (Å²) in [6, 6.07) is 8.52. The summed E-state index contributed by atoms with van der Waals surface area (Å²) in [4.78, 5) is 24.8. The van der Waals surface area contributed by atoms with E-state index in [2.05, 4.69) is 9.84 Å². The minimum atomic E-state index is -4.87. The lowest BCUT2D eigenvalue weighted by molar-refractivity contribution is -0.138. The van der Waals surface area contributed by atoms with E-state index in [1.54, 1.807) is 30.5 Å². The Balaban J connectivity index is 2.07. The van der Waals surface area contributed by atoms with E-state index >= 15 is 0 Å². The molecule has 0 N–H and O–H groups in total. The van der Waals surface area contributed by atoms with Gasteiger partial charge in [-0.3, -0.25) is 4.79 Å². The van der Waals surface area contributed by atoms with Crippen molar-refractivity contribution in [2.45, 2.75) is 19.0 Å². The van der Waals surface area contributed by atoms with Crippen LogP contribution in [0.4, 0.5) is 13.2 Å². The number of hydrogen-bond donors (Lipinski definition) is 0. The number of Topliss-reactive ketones (excluding diaryl/α,β-unsaturated/α-hetero) is 1. The molecule has 31 heavy (non-hydrogen) atoms. The molecule has 160 valence electrons. The first kappa shape index (κ1) is 20.6. The number of carbonyl (C=O) groups is 2. The predicted octanol–water partition coefficient (Wildman–Crippen LogP) is 4.24. The lowest BCUT2D eigenvalue weighted by Gasteiger charge is -2.22. The van der Waals surface area contributed by atoms with Crippen LogP contribution in [0.3, 0.4) is 0 Å². The molecule has 3 aromatic rings. The Bertz CT molecular complexity index is 1150. The molecule has 2 heterocycles. The molecule has 1 aliphatic rings. The first-order chi connectivity index (χ1) is 14.8. The van der Waals surface area contributed by atoms with Crippen molar-refractivity contribution in [1.29, 1.82) is 0 Å². The zero-order valence-electron chi connectivity index (χ0n) is 16.4. The van der Waals surface area contributed by atoms with E-state index in [9.17, 15) is 22.8 Å². The summed E-state index contributed by atoms with van der Waals surface area (Å²) in [5.74, 6) is -2.12. The maximum atomic E-state index is 13.9. The summed E-state index contributed by atoms with van der Waals surface area (Å²) in [6.07, 6.45) is -0.420. The number of nitrogens with zero attached hydrogens (tertiary/aromatic N) is 2. The summed E-state index contributed by atoms with van der Waals surface area (Å²) < 4.78 is 53.0. The van der Waals surface area contributed by atoms with Crippen molar-refractivity contribution in [3.8, 4) is 22.6 Å². The van der Waals surface area contributed by atoms with Gasteiger partial charge >= 0.3 is 12.1 Å². The molecule has 0 saturated heterocycles. The van der Waals surface area contributed by atoms with E-state index in [4.69, 9.17) is 4.74 Å². The number of alkyl halides is 3. The molecular weight excluding hydrogens is 413 g/mol. The van der Waals surface area contributed by atoms with Gasteiger partial charge in [-0.25, -0.2) is 9.48 Å². The number of benzene rings is 2. The molecule has 0 saturated carbocycles. The minimum absolute atomic E-state index is 0.0534. The van der Waals surface area contributed by atoms with Gasteiger partial charge in [-0.05, 0) is 54.3 Å². The van der Waals surface area contributed by atoms with Crippen LogP contribution in [0.2, 0.25) is 0 Å². The molecule has 2 aromatic carbocycles. The minimum Gasteiger partial charge on any atom is -0.493 e. The van der Waals surface area contributed by atoms with Gasteiger partial charge in [0.15, 0.2) is 0 Å². The Morgan fingerprint density at radius 1 is 1.19 bits per heavy atom. The van der Waals surface area contributed by atoms with Crippen molar-refractivity contribution >= 4 is 11.8 Å². The Morgan fingerprint density at radius 2 is 2.00 bits per heavy atom. The number of aryl methyl sites for hydroxylation is 1. The monoisotopic (exact) mass is 430 g/mol. The van der Waals surface area contributed by atoms with E-state index in [1.807, 2.05) is 0 Å². The molecule has 6 nitrogen and oxygen atoms in total. The van der Waals surface area contributed by atoms with Crippen molar-refractivity contribution in [2.24, 2.45) is 0 Å². The molecule has 0 amide bonds. The standard InChI is InChI=1S/C22H17F3N2O4/c1-30-21(29)20(28)19-15(22(23,24)25)6-7-16(27-10-3-9-26-27)18(19)14-5-8-17-13(12-14)4-2-11-31-17/h3,5-10,12H,2,4,11H2,1H3. The van der Waals surface area contributed by atoms with E-state index < -0.39 is 29.1 Å². The van der Waals surface area contributed by atoms with Crippen LogP contribution in [0.15, 0.2) is 48.8 Å². The first-order valence-electron chi connectivity index (χ1n) is 9.44. The normalized spacial score (nSPS) is 13.3. The number of ether oxygens (including phenoxy) is 2. The zero-order valence-corrected chi connectivity index (χ0v) is 16.4. The molecule has 0 unspecified atom stereocenters. The lowest BCUT2D eigenvalue weighted by atomic mass is 9.89. The van der Waals surface area contributed by atoms with Gasteiger partial charge in [0, 0.05) is 18.0 Å². The fraction of sp³-hybridized carbons (Fsp3) is 0.227. The molecular formula is C22H17F3N2O4. The van der Waals surface area contributed by atoms with E-state index in [0.29, 0.717) is 24.3 Å². The van der Waals surface area contributed by atoms with Crippen LogP contribution in [-0.2, 0) is 22.1 Å². The maximum Gasteiger partial charge on any atom is 0.417 e. The van der Waals surface area contributed by atoms with Gasteiger partial charge in [-0.15, -0.1) is 0 Å². The van der Waals surface area contributed by atoms with Crippen molar-refractivity contribution in [1.82, 2.24) is 9.78 Å². The third kappa shape index (κ3) is 3.78. The zero-order chi connectivity index (χ0) is 22.2. The highest BCUT2D eigenvalue weighted by Crippen LogP contribution is 2.41. The quantitative estimate of drug-likeness (QED) is 0.352. The first-order valence-corrected chi connectivity index (χ1v) is 9.44. The number of hydrogen-bond acceptors (Lipinski definition) is 5. The molecule has 9 heteroatoms. The summed E-state index contributed by atoms with van der Waals surface area (Å²) in [5.41, 5.74) is -0.673. The summed E-state index contributed by atoms with van der Waals surface area (Å²) in [5, 5.41) is 4.10. The fourth-order valence-corrected chi connectivity index (χ4v) is 3.67. The van der Waals surface area contributed by atoms with E-state index in [1.165, 1.54) is 16.9 Å². The van der Waals surface area contributed by atoms with Gasteiger partial charge in [0.2, 0.25) is 0 Å². The molecule has 0 radical (unpaired) electrons. The average Bonchev–Trinajstić information content (AvgIpc) is 3.31. The third-order valence-corrected chi connectivity index (χ3v) is 5.04. The topological polar surface area (TPSA) is 70.4 Å². The van der Waals surface area contributed by atoms with E-state index in [-0.39, 0.29) is 11.3 Å². The van der Waals surface area contributed by atoms with Crippen LogP contribution >= 0.6 is 0 Å². The van der Waals surface area contributed by atoms with Gasteiger partial charge in [0.25, 0.3) is 5.78 Å². The molecule has 0 spiro atoms. The molecule has 1 aromatic heterocycles. The van der Waals surface area contributed by atoms with Crippen LogP contribution in [-0.4, -0.2) is 35.2 Å². The van der Waals surface area contributed by atoms with Crippen molar-refractivity contribution in [3.05, 3.63) is 65.5 Å². The average molecular weight is 430 g/mol. The van der Waals surface area contributed by atoms with Crippen molar-refractivity contribution in [3.63, 3.8) is 0 Å². The third-order valence-electron chi connectivity index (χ3n) is 5.04. The highest BCUT2D eigenvalue weighted by molar-refractivity contribution is 6.42. The number of rotatable bonds is 4. The Morgan fingerprint density at radius 3 is 2.68 bits per heavy atom. The highest BCUT2D eigenvalue weighted by Gasteiger charge is 2.39. The van der Waals surface area contributed by atoms with Crippen molar-refractivity contribution in [2.75, 3.05) is 13.7 Å². The molecule has 0 aliphatic carbocycles. The van der Waals surface area contributed by atoms with Crippen molar-refractivity contribution < 1.29 is 32.2 Å². The predicted molar refractivity (Wildman–Crippen MR) is 104 cm³/mol. The number of aromatic nitrogens is 2. The molecule has 0 fully saturated rings. The van der Waals surface area contributed by atoms with Crippen LogP contribution < -0.4 is 4.74 Å². The number of halogens is 3. The summed E-state index contributed by atoms with van der Waals surface area (Å²) >= 11 is 0. The van der Waals surface area contributed by atoms with Crippen LogP contribution in [0.25, 0.3) is 16.8 Å². The molecule has 0 atom stereocenters. The second-order valence-corrected chi connectivity index (χ2v) is 6.93. The van der Waals surface area contributed by atoms with Gasteiger partial charge in [0.1, 0.15) is 5.75 Å². The molecule has 1 aliphatic heterocycles. The van der Waals surface area contributed by atoms with E-state index in [0.717, 1.165) is 25.2 Å². The molecule has 4 rings (SSSR count). The van der Waals surface area contributed by atoms with Gasteiger partial charge in [-0.2, -0.15) is 18.3 Å². The second kappa shape index (κ2) is 7.90. The maximum absolute atomic E-state index is 13.9.